The minimum Gasteiger partial charge on any atom is -0.493 e. The maximum Gasteiger partial charge on any atom is 0.321 e. The molecule has 0 aliphatic heterocycles. The Morgan fingerprint density at radius 3 is 2.62 bits per heavy atom. The summed E-state index contributed by atoms with van der Waals surface area (Å²) in [7, 11) is -2.21. The van der Waals surface area contributed by atoms with Crippen LogP contribution in [0.3, 0.4) is 0 Å². The van der Waals surface area contributed by atoms with E-state index in [9.17, 15) is 13.2 Å². The summed E-state index contributed by atoms with van der Waals surface area (Å²) in [6.07, 6.45) is 1.46. The Balaban J connectivity index is 1.51. The van der Waals surface area contributed by atoms with Gasteiger partial charge in [-0.05, 0) is 43.7 Å². The molecule has 0 saturated carbocycles. The van der Waals surface area contributed by atoms with Gasteiger partial charge in [0, 0.05) is 16.4 Å². The summed E-state index contributed by atoms with van der Waals surface area (Å²) in [5, 5.41) is 3.53. The van der Waals surface area contributed by atoms with Crippen LogP contribution in [-0.4, -0.2) is 39.6 Å². The summed E-state index contributed by atoms with van der Waals surface area (Å²) in [4.78, 5) is 16.5. The lowest BCUT2D eigenvalue weighted by molar-refractivity contribution is -0.143. The van der Waals surface area contributed by atoms with Crippen molar-refractivity contribution in [2.24, 2.45) is 0 Å². The second kappa shape index (κ2) is 11.8. The van der Waals surface area contributed by atoms with Gasteiger partial charge in [-0.15, -0.1) is 11.3 Å². The summed E-state index contributed by atoms with van der Waals surface area (Å²) < 4.78 is 42.4. The number of carbonyl (C=O) groups excluding carboxylic acids is 1. The zero-order valence-electron chi connectivity index (χ0n) is 19.1. The van der Waals surface area contributed by atoms with E-state index >= 15 is 0 Å². The van der Waals surface area contributed by atoms with Crippen LogP contribution in [0, 0.1) is 6.92 Å². The van der Waals surface area contributed by atoms with Gasteiger partial charge in [0.25, 0.3) is 0 Å². The monoisotopic (exact) mass is 502 g/mol. The minimum absolute atomic E-state index is 0.0650. The van der Waals surface area contributed by atoms with Gasteiger partial charge in [-0.25, -0.2) is 18.1 Å². The summed E-state index contributed by atoms with van der Waals surface area (Å²) >= 11 is 1.40. The van der Waals surface area contributed by atoms with Gasteiger partial charge in [-0.2, -0.15) is 0 Å². The van der Waals surface area contributed by atoms with E-state index in [0.29, 0.717) is 23.8 Å². The predicted octanol–water partition coefficient (Wildman–Crippen LogP) is 4.16. The fourth-order valence-electron chi connectivity index (χ4n) is 2.84. The van der Waals surface area contributed by atoms with Gasteiger partial charge in [0.05, 0.1) is 19.4 Å². The van der Waals surface area contributed by atoms with Gasteiger partial charge >= 0.3 is 5.97 Å². The largest absolute Gasteiger partial charge is 0.493 e. The van der Waals surface area contributed by atoms with E-state index in [4.69, 9.17) is 14.2 Å². The number of hydrogen-bond donors (Lipinski definition) is 1. The number of rotatable bonds is 11. The molecule has 2 aromatic carbocycles. The van der Waals surface area contributed by atoms with Gasteiger partial charge in [-0.1, -0.05) is 29.8 Å². The molecule has 0 amide bonds. The highest BCUT2D eigenvalue weighted by atomic mass is 32.2. The molecule has 0 atom stereocenters. The van der Waals surface area contributed by atoms with Crippen molar-refractivity contribution < 1.29 is 27.4 Å². The van der Waals surface area contributed by atoms with Crippen LogP contribution in [0.4, 0.5) is 0 Å². The number of nitrogens with one attached hydrogen (secondary N) is 1. The number of benzene rings is 2. The number of esters is 1. The molecule has 180 valence electrons. The van der Waals surface area contributed by atoms with E-state index in [1.807, 2.05) is 44.2 Å². The minimum atomic E-state index is -3.78. The van der Waals surface area contributed by atoms with Gasteiger partial charge in [0.2, 0.25) is 10.0 Å². The molecule has 0 fully saturated rings. The first kappa shape index (κ1) is 25.4. The lowest BCUT2D eigenvalue weighted by Gasteiger charge is -2.09. The first-order valence-corrected chi connectivity index (χ1v) is 12.9. The zero-order valence-corrected chi connectivity index (χ0v) is 20.7. The van der Waals surface area contributed by atoms with E-state index in [1.165, 1.54) is 17.4 Å². The van der Waals surface area contributed by atoms with Crippen LogP contribution >= 0.6 is 11.3 Å². The van der Waals surface area contributed by atoms with Gasteiger partial charge in [0.15, 0.2) is 11.5 Å². The second-order valence-corrected chi connectivity index (χ2v) is 9.69. The highest BCUT2D eigenvalue weighted by molar-refractivity contribution is 7.92. The Labute approximate surface area is 203 Å². The van der Waals surface area contributed by atoms with Crippen molar-refractivity contribution in [3.05, 3.63) is 70.1 Å². The van der Waals surface area contributed by atoms with Gasteiger partial charge < -0.3 is 14.2 Å². The van der Waals surface area contributed by atoms with E-state index in [1.54, 1.807) is 24.6 Å². The second-order valence-electron chi connectivity index (χ2n) is 7.18. The maximum atomic E-state index is 12.1. The van der Waals surface area contributed by atoms with Gasteiger partial charge in [0.1, 0.15) is 18.2 Å². The summed E-state index contributed by atoms with van der Waals surface area (Å²) in [5.41, 5.74) is 3.22. The van der Waals surface area contributed by atoms with E-state index < -0.39 is 22.5 Å². The quantitative estimate of drug-likeness (QED) is 0.393. The van der Waals surface area contributed by atoms with E-state index in [2.05, 4.69) is 9.71 Å². The van der Waals surface area contributed by atoms with E-state index in [0.717, 1.165) is 27.1 Å². The number of nitrogens with zero attached hydrogens (tertiary/aromatic N) is 1. The highest BCUT2D eigenvalue weighted by Gasteiger charge is 2.13. The van der Waals surface area contributed by atoms with E-state index in [-0.39, 0.29) is 6.61 Å². The zero-order chi connectivity index (χ0) is 24.6. The smallest absolute Gasteiger partial charge is 0.321 e. The van der Waals surface area contributed by atoms with Crippen molar-refractivity contribution in [2.75, 3.05) is 20.3 Å². The molecule has 3 aromatic rings. The number of methoxy groups -OCH3 is 1. The molecule has 0 aliphatic rings. The molecule has 0 spiro atoms. The number of thiazole rings is 1. The highest BCUT2D eigenvalue weighted by Crippen LogP contribution is 2.33. The molecule has 0 radical (unpaired) electrons. The topological polar surface area (TPSA) is 104 Å². The molecule has 10 heteroatoms. The summed E-state index contributed by atoms with van der Waals surface area (Å²) in [6.45, 7) is 3.83. The SMILES string of the molecule is CCOc1ccc(-c2nc(COC(=O)CNS(=O)(=O)C=Cc3ccc(C)cc3)cs2)cc1OC. The fourth-order valence-corrected chi connectivity index (χ4v) is 4.39. The van der Waals surface area contributed by atoms with Crippen molar-refractivity contribution in [3.8, 4) is 22.1 Å². The third-order valence-corrected chi connectivity index (χ3v) is 6.56. The number of carbonyl (C=O) groups is 1. The Morgan fingerprint density at radius 2 is 1.91 bits per heavy atom. The third kappa shape index (κ3) is 7.41. The Bertz CT molecular complexity index is 1250. The van der Waals surface area contributed by atoms with Crippen molar-refractivity contribution in [3.63, 3.8) is 0 Å². The van der Waals surface area contributed by atoms with Crippen LogP contribution in [0.25, 0.3) is 16.6 Å². The molecule has 0 bridgehead atoms. The maximum absolute atomic E-state index is 12.1. The molecule has 34 heavy (non-hydrogen) atoms. The van der Waals surface area contributed by atoms with Crippen LogP contribution < -0.4 is 14.2 Å². The molecule has 0 saturated heterocycles. The lowest BCUT2D eigenvalue weighted by atomic mass is 10.2. The first-order valence-electron chi connectivity index (χ1n) is 10.5. The molecule has 0 unspecified atom stereocenters. The average Bonchev–Trinajstić information content (AvgIpc) is 3.31. The molecule has 1 heterocycles. The van der Waals surface area contributed by atoms with Crippen molar-refractivity contribution in [2.45, 2.75) is 20.5 Å². The predicted molar refractivity (Wildman–Crippen MR) is 132 cm³/mol. The van der Waals surface area contributed by atoms with Crippen LogP contribution in [0.2, 0.25) is 0 Å². The Hall–Kier alpha value is -3.21. The van der Waals surface area contributed by atoms with Crippen molar-refractivity contribution in [1.29, 1.82) is 0 Å². The molecule has 8 nitrogen and oxygen atoms in total. The number of sulfonamides is 1. The lowest BCUT2D eigenvalue weighted by Crippen LogP contribution is -2.29. The number of aryl methyl sites for hydroxylation is 1. The van der Waals surface area contributed by atoms with Crippen LogP contribution in [0.1, 0.15) is 23.7 Å². The molecule has 0 aliphatic carbocycles. The molecule has 1 N–H and O–H groups in total. The van der Waals surface area contributed by atoms with Crippen LogP contribution in [0.15, 0.2) is 53.3 Å². The Morgan fingerprint density at radius 1 is 1.15 bits per heavy atom. The normalized spacial score (nSPS) is 11.5. The molecular weight excluding hydrogens is 476 g/mol. The molecule has 1 aromatic heterocycles. The van der Waals surface area contributed by atoms with Crippen molar-refractivity contribution in [1.82, 2.24) is 9.71 Å². The summed E-state index contributed by atoms with van der Waals surface area (Å²) in [5.74, 6) is 0.548. The first-order chi connectivity index (χ1) is 16.3. The van der Waals surface area contributed by atoms with Crippen LogP contribution in [0.5, 0.6) is 11.5 Å². The number of ether oxygens (including phenoxy) is 3. The fraction of sp³-hybridized carbons (Fsp3) is 0.250. The van der Waals surface area contributed by atoms with Crippen LogP contribution in [-0.2, 0) is 26.2 Å². The number of aromatic nitrogens is 1. The standard InChI is InChI=1S/C24H26N2O6S2/c1-4-31-21-10-9-19(13-22(21)30-3)24-26-20(16-33-24)15-32-23(27)14-25-34(28,29)12-11-18-7-5-17(2)6-8-18/h5-13,16,25H,4,14-15H2,1-3H3. The molecular formula is C24H26N2O6S2. The van der Waals surface area contributed by atoms with Crippen molar-refractivity contribution >= 4 is 33.4 Å². The Kier molecular flexibility index (Phi) is 8.80. The average molecular weight is 503 g/mol. The number of hydrogen-bond acceptors (Lipinski definition) is 8. The third-order valence-electron chi connectivity index (χ3n) is 4.58. The van der Waals surface area contributed by atoms with Gasteiger partial charge in [-0.3, -0.25) is 4.79 Å². The summed E-state index contributed by atoms with van der Waals surface area (Å²) in [6, 6.07) is 12.9. The molecule has 3 rings (SSSR count).